The van der Waals surface area contributed by atoms with Crippen LogP contribution in [0.25, 0.3) is 0 Å². The van der Waals surface area contributed by atoms with Gasteiger partial charge in [-0.25, -0.2) is 24.2 Å². The van der Waals surface area contributed by atoms with Gasteiger partial charge in [0.2, 0.25) is 0 Å². The number of carbonyl (C=O) groups excluding carboxylic acids is 4. The standard InChI is InChI=1S/C33H37NO8/c1-3-5-7-9-21-39-30(35)24-11-16-27(17-12-24)41-32(37)26-15-20-29(34-23-26)33(38)42-28-18-13-25(14-19-28)31(36)40-22-10-8-6-4-2/h11-20,23H,3-10,21-22H2,1-2H3. The van der Waals surface area contributed by atoms with Gasteiger partial charge in [0, 0.05) is 6.20 Å². The Morgan fingerprint density at radius 2 is 0.976 bits per heavy atom. The van der Waals surface area contributed by atoms with Crippen molar-refractivity contribution in [2.24, 2.45) is 0 Å². The van der Waals surface area contributed by atoms with E-state index in [1.54, 1.807) is 0 Å². The Hall–Kier alpha value is -4.53. The minimum atomic E-state index is -0.728. The topological polar surface area (TPSA) is 118 Å². The lowest BCUT2D eigenvalue weighted by molar-refractivity contribution is 0.0488. The minimum Gasteiger partial charge on any atom is -0.462 e. The highest BCUT2D eigenvalue weighted by molar-refractivity contribution is 5.94. The van der Waals surface area contributed by atoms with Gasteiger partial charge in [0.1, 0.15) is 17.2 Å². The molecular weight excluding hydrogens is 538 g/mol. The molecule has 0 amide bonds. The highest BCUT2D eigenvalue weighted by Crippen LogP contribution is 2.17. The van der Waals surface area contributed by atoms with Gasteiger partial charge in [-0.05, 0) is 73.5 Å². The van der Waals surface area contributed by atoms with Gasteiger partial charge in [-0.2, -0.15) is 0 Å². The molecule has 0 aliphatic rings. The molecule has 222 valence electrons. The van der Waals surface area contributed by atoms with E-state index in [1.165, 1.54) is 66.9 Å². The number of carbonyl (C=O) groups is 4. The van der Waals surface area contributed by atoms with E-state index >= 15 is 0 Å². The molecule has 0 aliphatic heterocycles. The highest BCUT2D eigenvalue weighted by Gasteiger charge is 2.15. The number of pyridine rings is 1. The molecule has 0 N–H and O–H groups in total. The van der Waals surface area contributed by atoms with Crippen LogP contribution in [0.1, 0.15) is 107 Å². The number of nitrogens with zero attached hydrogens (tertiary/aromatic N) is 1. The van der Waals surface area contributed by atoms with Crippen LogP contribution in [0.3, 0.4) is 0 Å². The summed E-state index contributed by atoms with van der Waals surface area (Å²) in [6.07, 6.45) is 9.31. The Morgan fingerprint density at radius 1 is 0.524 bits per heavy atom. The van der Waals surface area contributed by atoms with Gasteiger partial charge in [0.15, 0.2) is 0 Å². The molecule has 1 aromatic heterocycles. The van der Waals surface area contributed by atoms with E-state index in [0.29, 0.717) is 24.3 Å². The third kappa shape index (κ3) is 10.5. The van der Waals surface area contributed by atoms with Crippen molar-refractivity contribution in [3.05, 3.63) is 89.2 Å². The van der Waals surface area contributed by atoms with Crippen molar-refractivity contribution >= 4 is 23.9 Å². The molecule has 9 nitrogen and oxygen atoms in total. The summed E-state index contributed by atoms with van der Waals surface area (Å²) in [7, 11) is 0. The fourth-order valence-corrected chi connectivity index (χ4v) is 3.83. The molecule has 0 saturated heterocycles. The van der Waals surface area contributed by atoms with Gasteiger partial charge in [0.25, 0.3) is 0 Å². The number of hydrogen-bond donors (Lipinski definition) is 0. The summed E-state index contributed by atoms with van der Waals surface area (Å²) in [5.41, 5.74) is 0.834. The minimum absolute atomic E-state index is 0.0142. The molecule has 0 aliphatic carbocycles. The van der Waals surface area contributed by atoms with Crippen molar-refractivity contribution in [3.8, 4) is 11.5 Å². The molecular formula is C33H37NO8. The summed E-state index contributed by atoms with van der Waals surface area (Å²) in [5, 5.41) is 0. The van der Waals surface area contributed by atoms with Crippen molar-refractivity contribution in [2.45, 2.75) is 65.2 Å². The van der Waals surface area contributed by atoms with E-state index in [0.717, 1.165) is 51.4 Å². The zero-order valence-corrected chi connectivity index (χ0v) is 24.1. The lowest BCUT2D eigenvalue weighted by Crippen LogP contribution is -2.13. The van der Waals surface area contributed by atoms with Gasteiger partial charge in [-0.3, -0.25) is 0 Å². The smallest absolute Gasteiger partial charge is 0.362 e. The lowest BCUT2D eigenvalue weighted by atomic mass is 10.2. The van der Waals surface area contributed by atoms with Crippen molar-refractivity contribution in [1.82, 2.24) is 4.98 Å². The van der Waals surface area contributed by atoms with E-state index in [4.69, 9.17) is 18.9 Å². The van der Waals surface area contributed by atoms with Crippen LogP contribution in [0, 0.1) is 0 Å². The fourth-order valence-electron chi connectivity index (χ4n) is 3.83. The first kappa shape index (κ1) is 32.0. The third-order valence-corrected chi connectivity index (χ3v) is 6.27. The van der Waals surface area contributed by atoms with Crippen LogP contribution in [-0.2, 0) is 9.47 Å². The van der Waals surface area contributed by atoms with Crippen LogP contribution in [0.15, 0.2) is 66.9 Å². The summed E-state index contributed by atoms with van der Waals surface area (Å²) >= 11 is 0. The summed E-state index contributed by atoms with van der Waals surface area (Å²) in [6.45, 7) is 4.97. The van der Waals surface area contributed by atoms with Gasteiger partial charge < -0.3 is 18.9 Å². The van der Waals surface area contributed by atoms with Crippen LogP contribution in [-0.4, -0.2) is 42.1 Å². The summed E-state index contributed by atoms with van der Waals surface area (Å²) in [6, 6.07) is 14.8. The first-order chi connectivity index (χ1) is 20.4. The molecule has 0 radical (unpaired) electrons. The van der Waals surface area contributed by atoms with Crippen molar-refractivity contribution < 1.29 is 38.1 Å². The van der Waals surface area contributed by atoms with Crippen molar-refractivity contribution in [3.63, 3.8) is 0 Å². The number of unbranched alkanes of at least 4 members (excludes halogenated alkanes) is 6. The Labute approximate surface area is 246 Å². The SMILES string of the molecule is CCCCCCOC(=O)c1ccc(OC(=O)c2ccc(C(=O)Oc3ccc(C(=O)OCCCCCC)cc3)nc2)cc1. The Bertz CT molecular complexity index is 1200. The lowest BCUT2D eigenvalue weighted by Gasteiger charge is -2.08. The van der Waals surface area contributed by atoms with E-state index in [2.05, 4.69) is 18.8 Å². The van der Waals surface area contributed by atoms with Crippen molar-refractivity contribution in [1.29, 1.82) is 0 Å². The predicted molar refractivity (Wildman–Crippen MR) is 156 cm³/mol. The molecule has 0 spiro atoms. The zero-order valence-electron chi connectivity index (χ0n) is 24.1. The average molecular weight is 576 g/mol. The van der Waals surface area contributed by atoms with Crippen LogP contribution in [0.5, 0.6) is 11.5 Å². The van der Waals surface area contributed by atoms with Crippen LogP contribution >= 0.6 is 0 Å². The first-order valence-corrected chi connectivity index (χ1v) is 14.4. The Balaban J connectivity index is 1.46. The monoisotopic (exact) mass is 575 g/mol. The Kier molecular flexibility index (Phi) is 13.2. The molecule has 0 unspecified atom stereocenters. The van der Waals surface area contributed by atoms with E-state index < -0.39 is 23.9 Å². The molecule has 3 rings (SSSR count). The van der Waals surface area contributed by atoms with E-state index in [9.17, 15) is 19.2 Å². The normalized spacial score (nSPS) is 10.5. The first-order valence-electron chi connectivity index (χ1n) is 14.4. The molecule has 9 heteroatoms. The summed E-state index contributed by atoms with van der Waals surface area (Å²) in [5.74, 6) is -1.79. The molecule has 42 heavy (non-hydrogen) atoms. The maximum absolute atomic E-state index is 12.5. The molecule has 0 fully saturated rings. The number of esters is 4. The number of rotatable bonds is 16. The van der Waals surface area contributed by atoms with E-state index in [1.807, 2.05) is 0 Å². The Morgan fingerprint density at radius 3 is 1.40 bits per heavy atom. The van der Waals surface area contributed by atoms with Crippen LogP contribution in [0.4, 0.5) is 0 Å². The summed E-state index contributed by atoms with van der Waals surface area (Å²) in [4.78, 5) is 53.3. The second-order valence-electron chi connectivity index (χ2n) is 9.65. The molecule has 0 atom stereocenters. The number of aromatic nitrogens is 1. The largest absolute Gasteiger partial charge is 0.462 e. The maximum Gasteiger partial charge on any atom is 0.362 e. The van der Waals surface area contributed by atoms with Crippen LogP contribution < -0.4 is 9.47 Å². The number of ether oxygens (including phenoxy) is 4. The van der Waals surface area contributed by atoms with Gasteiger partial charge >= 0.3 is 23.9 Å². The van der Waals surface area contributed by atoms with Gasteiger partial charge in [-0.1, -0.05) is 52.4 Å². The highest BCUT2D eigenvalue weighted by atomic mass is 16.5. The number of benzene rings is 2. The van der Waals surface area contributed by atoms with Gasteiger partial charge in [-0.15, -0.1) is 0 Å². The third-order valence-electron chi connectivity index (χ3n) is 6.27. The average Bonchev–Trinajstić information content (AvgIpc) is 3.01. The van der Waals surface area contributed by atoms with Gasteiger partial charge in [0.05, 0.1) is 29.9 Å². The molecule has 0 bridgehead atoms. The quantitative estimate of drug-likeness (QED) is 0.101. The zero-order chi connectivity index (χ0) is 30.2. The second kappa shape index (κ2) is 17.3. The number of hydrogen-bond acceptors (Lipinski definition) is 9. The summed E-state index contributed by atoms with van der Waals surface area (Å²) < 4.78 is 21.2. The predicted octanol–water partition coefficient (Wildman–Crippen LogP) is 6.99. The molecule has 1 heterocycles. The molecule has 0 saturated carbocycles. The maximum atomic E-state index is 12.5. The molecule has 3 aromatic rings. The van der Waals surface area contributed by atoms with Crippen LogP contribution in [0.2, 0.25) is 0 Å². The fraction of sp³-hybridized carbons (Fsp3) is 0.364. The molecule has 2 aromatic carbocycles. The van der Waals surface area contributed by atoms with E-state index in [-0.39, 0.29) is 22.8 Å². The second-order valence-corrected chi connectivity index (χ2v) is 9.65. The van der Waals surface area contributed by atoms with Crippen molar-refractivity contribution in [2.75, 3.05) is 13.2 Å².